The summed E-state index contributed by atoms with van der Waals surface area (Å²) in [5.41, 5.74) is 3.78. The number of hydrogen-bond acceptors (Lipinski definition) is 13. The SMILES string of the molecule is CC(C)c1ccccc1[C@@H]1CC(F)(F)CCN1C1CC2(CCN(c3ccc(C(=O)NS(=O)(=O)c4ccc(NC[C@H]5CC[C@](C)(O)CC5)c([N+](=O)[O-])c4)c(N4c5cc6cc[nH]c6nc5O[C@H]5COCC[C@@H]54)c3)CC2)C1. The number of sulfonamides is 1. The van der Waals surface area contributed by atoms with Gasteiger partial charge in [0, 0.05) is 81.0 Å². The molecule has 6 aliphatic rings. The van der Waals surface area contributed by atoms with E-state index in [4.69, 9.17) is 14.5 Å². The van der Waals surface area contributed by atoms with Gasteiger partial charge in [-0.3, -0.25) is 19.8 Å². The minimum absolute atomic E-state index is 0.0693. The normalized spacial score (nSPS) is 26.0. The number of ether oxygens (including phenoxy) is 2. The molecule has 74 heavy (non-hydrogen) atoms. The highest BCUT2D eigenvalue weighted by Gasteiger charge is 2.52. The summed E-state index contributed by atoms with van der Waals surface area (Å²) in [5.74, 6) is -2.90. The fraction of sp³-hybridized carbons (Fsp3) is 0.527. The van der Waals surface area contributed by atoms with Gasteiger partial charge >= 0.3 is 0 Å². The van der Waals surface area contributed by atoms with Crippen LogP contribution in [0.1, 0.15) is 125 Å². The number of halogens is 2. The number of aromatic nitrogens is 2. The molecule has 3 saturated heterocycles. The zero-order valence-corrected chi connectivity index (χ0v) is 43.0. The summed E-state index contributed by atoms with van der Waals surface area (Å²) in [7, 11) is -4.66. The summed E-state index contributed by atoms with van der Waals surface area (Å²) in [4.78, 5) is 40.7. The fourth-order valence-electron chi connectivity index (χ4n) is 12.9. The molecule has 4 aliphatic heterocycles. The summed E-state index contributed by atoms with van der Waals surface area (Å²) in [6.45, 7) is 8.97. The van der Waals surface area contributed by atoms with Crippen LogP contribution in [0.5, 0.6) is 5.88 Å². The number of aliphatic hydroxyl groups is 1. The molecule has 5 fully saturated rings. The second kappa shape index (κ2) is 19.4. The molecule has 1 spiro atoms. The van der Waals surface area contributed by atoms with Gasteiger partial charge in [0.05, 0.1) is 39.3 Å². The van der Waals surface area contributed by atoms with Crippen LogP contribution in [0.15, 0.2) is 83.9 Å². The van der Waals surface area contributed by atoms with Crippen LogP contribution < -0.4 is 24.6 Å². The second-order valence-corrected chi connectivity index (χ2v) is 24.2. The molecule has 4 N–H and O–H groups in total. The first-order valence-electron chi connectivity index (χ1n) is 26.3. The predicted molar refractivity (Wildman–Crippen MR) is 278 cm³/mol. The summed E-state index contributed by atoms with van der Waals surface area (Å²) in [5, 5.41) is 26.7. The van der Waals surface area contributed by atoms with Crippen LogP contribution in [0.25, 0.3) is 11.0 Å². The topological polar surface area (TPSA) is 196 Å². The number of anilines is 4. The second-order valence-electron chi connectivity index (χ2n) is 22.5. The molecule has 3 atom stereocenters. The van der Waals surface area contributed by atoms with Crippen molar-refractivity contribution in [1.82, 2.24) is 19.6 Å². The largest absolute Gasteiger partial charge is 0.468 e. The van der Waals surface area contributed by atoms with Crippen molar-refractivity contribution in [3.63, 3.8) is 0 Å². The lowest BCUT2D eigenvalue weighted by molar-refractivity contribution is -0.384. The Hall–Kier alpha value is -5.89. The van der Waals surface area contributed by atoms with Crippen LogP contribution in [0.3, 0.4) is 0 Å². The Labute approximate surface area is 430 Å². The molecule has 394 valence electrons. The minimum Gasteiger partial charge on any atom is -0.468 e. The van der Waals surface area contributed by atoms with Crippen LogP contribution in [0.2, 0.25) is 0 Å². The molecule has 1 amide bonds. The molecule has 0 unspecified atom stereocenters. The van der Waals surface area contributed by atoms with Crippen molar-refractivity contribution in [2.45, 2.75) is 138 Å². The van der Waals surface area contributed by atoms with E-state index in [9.17, 15) is 28.4 Å². The van der Waals surface area contributed by atoms with Crippen molar-refractivity contribution >= 4 is 55.4 Å². The van der Waals surface area contributed by atoms with Gasteiger partial charge in [0.25, 0.3) is 27.5 Å². The van der Waals surface area contributed by atoms with E-state index in [2.05, 4.69) is 44.7 Å². The molecule has 6 heterocycles. The number of H-pyrrole nitrogens is 1. The van der Waals surface area contributed by atoms with E-state index in [0.29, 0.717) is 61.9 Å². The molecular formula is C55H66F2N8O8S. The fourth-order valence-corrected chi connectivity index (χ4v) is 13.9. The summed E-state index contributed by atoms with van der Waals surface area (Å²) >= 11 is 0. The van der Waals surface area contributed by atoms with Gasteiger partial charge in [-0.2, -0.15) is 4.98 Å². The highest BCUT2D eigenvalue weighted by atomic mass is 32.2. The van der Waals surface area contributed by atoms with E-state index in [0.717, 1.165) is 79.9 Å². The number of piperidine rings is 2. The average Bonchev–Trinajstić information content (AvgIpc) is 3.83. The van der Waals surface area contributed by atoms with Crippen LogP contribution in [-0.4, -0.2) is 108 Å². The quantitative estimate of drug-likeness (QED) is 0.0682. The number of nitrogens with one attached hydrogen (secondary N) is 3. The standard InChI is InChI=1S/C55H66F2N8O8S/c1-34(2)40-6-4-5-7-41(40)48-31-55(56,57)20-24-63(48)38-29-54(30-38)18-22-62(23-19-54)37-8-10-42(45(27-37)64-44-15-25-72-33-49(44)73-52-47(64)26-36-14-21-58-50(36)60-52)51(66)61-74(70,71)39-9-11-43(46(28-39)65(68)69)59-32-35-12-16-53(3,67)17-13-35/h4-11,14,21,26-28,34-35,38,44,48-49,59,67H,12-13,15-20,22-25,29-33H2,1-3H3,(H,58,60)(H,61,66)/t35-,44-,48-,49-,53-/m0/s1. The number of carbonyl (C=O) groups excluding carboxylic acids is 1. The number of hydrogen-bond donors (Lipinski definition) is 4. The van der Waals surface area contributed by atoms with Crippen LogP contribution in [-0.2, 0) is 14.8 Å². The van der Waals surface area contributed by atoms with Gasteiger partial charge in [-0.25, -0.2) is 21.9 Å². The van der Waals surface area contributed by atoms with Crippen LogP contribution in [0.4, 0.5) is 37.2 Å². The van der Waals surface area contributed by atoms with Crippen molar-refractivity contribution in [2.75, 3.05) is 54.5 Å². The molecule has 0 bridgehead atoms. The maximum Gasteiger partial charge on any atom is 0.293 e. The van der Waals surface area contributed by atoms with Crippen LogP contribution >= 0.6 is 0 Å². The van der Waals surface area contributed by atoms with Crippen molar-refractivity contribution < 1.29 is 41.5 Å². The monoisotopic (exact) mass is 1040 g/mol. The highest BCUT2D eigenvalue weighted by Crippen LogP contribution is 2.55. The van der Waals surface area contributed by atoms with Crippen molar-refractivity contribution in [3.8, 4) is 5.88 Å². The molecule has 5 aromatic rings. The summed E-state index contributed by atoms with van der Waals surface area (Å²) in [6.07, 6.45) is 7.96. The zero-order valence-electron chi connectivity index (χ0n) is 42.2. The van der Waals surface area contributed by atoms with Crippen molar-refractivity contribution in [2.24, 2.45) is 11.3 Å². The Morgan fingerprint density at radius 3 is 2.49 bits per heavy atom. The van der Waals surface area contributed by atoms with Gasteiger partial charge in [-0.05, 0) is 136 Å². The molecule has 11 rings (SSSR count). The molecule has 16 nitrogen and oxygen atoms in total. The van der Waals surface area contributed by atoms with Gasteiger partial charge in [-0.15, -0.1) is 0 Å². The van der Waals surface area contributed by atoms with Gasteiger partial charge in [0.15, 0.2) is 0 Å². The highest BCUT2D eigenvalue weighted by molar-refractivity contribution is 7.90. The average molecular weight is 1040 g/mol. The lowest BCUT2D eigenvalue weighted by Gasteiger charge is -2.58. The number of amides is 1. The van der Waals surface area contributed by atoms with Crippen molar-refractivity contribution in [3.05, 3.63) is 106 Å². The van der Waals surface area contributed by atoms with E-state index >= 15 is 8.78 Å². The smallest absolute Gasteiger partial charge is 0.293 e. The Morgan fingerprint density at radius 1 is 0.959 bits per heavy atom. The van der Waals surface area contributed by atoms with Crippen LogP contribution in [0, 0.1) is 21.4 Å². The molecule has 3 aromatic carbocycles. The number of nitro groups is 1. The number of pyridine rings is 1. The van der Waals surface area contributed by atoms with Gasteiger partial charge in [-0.1, -0.05) is 38.1 Å². The van der Waals surface area contributed by atoms with Gasteiger partial charge < -0.3 is 34.7 Å². The number of nitro benzene ring substituents is 1. The number of aromatic amines is 1. The molecule has 2 aromatic heterocycles. The third-order valence-electron chi connectivity index (χ3n) is 17.2. The maximum absolute atomic E-state index is 15.2. The van der Waals surface area contributed by atoms with E-state index in [1.54, 1.807) is 19.2 Å². The first-order chi connectivity index (χ1) is 35.3. The Kier molecular flexibility index (Phi) is 13.1. The molecule has 0 radical (unpaired) electrons. The van der Waals surface area contributed by atoms with Gasteiger partial charge in [0.1, 0.15) is 23.1 Å². The number of alkyl halides is 2. The number of nitrogens with zero attached hydrogens (tertiary/aromatic N) is 5. The summed E-state index contributed by atoms with van der Waals surface area (Å²) in [6, 6.07) is 20.5. The zero-order chi connectivity index (χ0) is 51.7. The molecule has 2 saturated carbocycles. The number of carbonyl (C=O) groups is 1. The number of benzene rings is 3. The number of rotatable bonds is 12. The lowest BCUT2D eigenvalue weighted by atomic mass is 9.59. The third-order valence-corrected chi connectivity index (χ3v) is 18.5. The lowest BCUT2D eigenvalue weighted by Crippen LogP contribution is -2.58. The molecular weight excluding hydrogens is 971 g/mol. The van der Waals surface area contributed by atoms with E-state index in [-0.39, 0.29) is 66.1 Å². The van der Waals surface area contributed by atoms with Crippen molar-refractivity contribution in [1.29, 1.82) is 0 Å². The number of likely N-dealkylation sites (tertiary alicyclic amines) is 1. The summed E-state index contributed by atoms with van der Waals surface area (Å²) < 4.78 is 73.3. The minimum atomic E-state index is -4.66. The van der Waals surface area contributed by atoms with Gasteiger partial charge in [0.2, 0.25) is 5.88 Å². The van der Waals surface area contributed by atoms with E-state index in [1.165, 1.54) is 12.1 Å². The number of fused-ring (bicyclic) bond motifs is 3. The van der Waals surface area contributed by atoms with E-state index < -0.39 is 49.1 Å². The third kappa shape index (κ3) is 9.80. The molecule has 2 aliphatic carbocycles. The Bertz CT molecular complexity index is 3050. The first-order valence-corrected chi connectivity index (χ1v) is 27.8. The Morgan fingerprint density at radius 2 is 1.73 bits per heavy atom. The molecule has 19 heteroatoms. The Balaban J connectivity index is 0.865. The van der Waals surface area contributed by atoms with E-state index in [1.807, 2.05) is 47.4 Å². The predicted octanol–water partition coefficient (Wildman–Crippen LogP) is 9.98. The maximum atomic E-state index is 15.2. The first kappa shape index (κ1) is 50.3.